The summed E-state index contributed by atoms with van der Waals surface area (Å²) in [6.45, 7) is 1.46. The Hall–Kier alpha value is -1.74. The van der Waals surface area contributed by atoms with Gasteiger partial charge in [-0.05, 0) is 29.3 Å². The van der Waals surface area contributed by atoms with Crippen LogP contribution in [0.4, 0.5) is 0 Å². The quantitative estimate of drug-likeness (QED) is 0.849. The minimum Gasteiger partial charge on any atom is -0.497 e. The van der Waals surface area contributed by atoms with Crippen LogP contribution >= 0.6 is 0 Å². The van der Waals surface area contributed by atoms with E-state index in [-0.39, 0.29) is 0 Å². The van der Waals surface area contributed by atoms with Crippen LogP contribution in [-0.2, 0) is 13.1 Å². The second-order valence-corrected chi connectivity index (χ2v) is 3.74. The molecule has 16 heavy (non-hydrogen) atoms. The first-order chi connectivity index (χ1) is 7.81. The summed E-state index contributed by atoms with van der Waals surface area (Å²) in [6, 6.07) is 10.1. The van der Waals surface area contributed by atoms with E-state index in [4.69, 9.17) is 10.5 Å². The lowest BCUT2D eigenvalue weighted by Gasteiger charge is -2.04. The fourth-order valence-corrected chi connectivity index (χ4v) is 1.65. The molecule has 1 aromatic carbocycles. The van der Waals surface area contributed by atoms with Gasteiger partial charge < -0.3 is 15.0 Å². The molecule has 0 saturated carbocycles. The minimum absolute atomic E-state index is 0.593. The molecule has 0 unspecified atom stereocenters. The summed E-state index contributed by atoms with van der Waals surface area (Å²) >= 11 is 0. The Balaban J connectivity index is 2.08. The molecule has 0 bridgehead atoms. The van der Waals surface area contributed by atoms with Crippen molar-refractivity contribution in [1.29, 1.82) is 0 Å². The summed E-state index contributed by atoms with van der Waals surface area (Å²) in [5, 5.41) is 0. The van der Waals surface area contributed by atoms with E-state index in [1.165, 1.54) is 5.56 Å². The van der Waals surface area contributed by atoms with Gasteiger partial charge in [-0.2, -0.15) is 0 Å². The maximum atomic E-state index is 5.56. The van der Waals surface area contributed by atoms with Gasteiger partial charge in [-0.1, -0.05) is 12.1 Å². The Morgan fingerprint density at radius 1 is 1.12 bits per heavy atom. The number of hydrogen-bond acceptors (Lipinski definition) is 2. The maximum Gasteiger partial charge on any atom is 0.118 e. The van der Waals surface area contributed by atoms with Gasteiger partial charge in [-0.3, -0.25) is 0 Å². The normalized spacial score (nSPS) is 10.4. The van der Waals surface area contributed by atoms with E-state index < -0.39 is 0 Å². The van der Waals surface area contributed by atoms with E-state index in [0.29, 0.717) is 6.54 Å². The molecular formula is C13H16N2O. The molecule has 0 atom stereocenters. The highest BCUT2D eigenvalue weighted by atomic mass is 16.5. The summed E-state index contributed by atoms with van der Waals surface area (Å²) in [4.78, 5) is 0. The lowest BCUT2D eigenvalue weighted by Crippen LogP contribution is -1.98. The van der Waals surface area contributed by atoms with Crippen molar-refractivity contribution in [3.63, 3.8) is 0 Å². The molecule has 1 heterocycles. The first-order valence-electron chi connectivity index (χ1n) is 5.29. The highest BCUT2D eigenvalue weighted by molar-refractivity contribution is 5.27. The zero-order valence-corrected chi connectivity index (χ0v) is 9.39. The molecule has 0 aliphatic rings. The third kappa shape index (κ3) is 2.44. The number of aromatic nitrogens is 1. The van der Waals surface area contributed by atoms with Crippen molar-refractivity contribution >= 4 is 0 Å². The fourth-order valence-electron chi connectivity index (χ4n) is 1.65. The summed E-state index contributed by atoms with van der Waals surface area (Å²) < 4.78 is 7.25. The standard InChI is InChI=1S/C13H16N2O/c1-16-13-4-2-11(3-5-13)9-15-7-6-12(8-14)10-15/h2-7,10H,8-9,14H2,1H3. The van der Waals surface area contributed by atoms with Gasteiger partial charge in [0.15, 0.2) is 0 Å². The van der Waals surface area contributed by atoms with E-state index in [1.54, 1.807) is 7.11 Å². The Bertz CT molecular complexity index is 445. The molecule has 84 valence electrons. The number of hydrogen-bond donors (Lipinski definition) is 1. The molecule has 1 aromatic heterocycles. The van der Waals surface area contributed by atoms with Crippen molar-refractivity contribution in [3.05, 3.63) is 53.9 Å². The highest BCUT2D eigenvalue weighted by Gasteiger charge is 1.97. The van der Waals surface area contributed by atoms with E-state index in [9.17, 15) is 0 Å². The molecule has 0 saturated heterocycles. The smallest absolute Gasteiger partial charge is 0.118 e. The molecule has 3 heteroatoms. The SMILES string of the molecule is COc1ccc(Cn2ccc(CN)c2)cc1. The number of nitrogens with zero attached hydrogens (tertiary/aromatic N) is 1. The van der Waals surface area contributed by atoms with Crippen molar-refractivity contribution in [2.75, 3.05) is 7.11 Å². The van der Waals surface area contributed by atoms with Crippen molar-refractivity contribution in [2.45, 2.75) is 13.1 Å². The molecule has 0 radical (unpaired) electrons. The number of rotatable bonds is 4. The average Bonchev–Trinajstić information content (AvgIpc) is 2.78. The van der Waals surface area contributed by atoms with Crippen LogP contribution in [0.1, 0.15) is 11.1 Å². The number of benzene rings is 1. The Morgan fingerprint density at radius 2 is 1.88 bits per heavy atom. The van der Waals surface area contributed by atoms with E-state index in [0.717, 1.165) is 17.9 Å². The van der Waals surface area contributed by atoms with Crippen molar-refractivity contribution in [2.24, 2.45) is 5.73 Å². The third-order valence-corrected chi connectivity index (χ3v) is 2.57. The summed E-state index contributed by atoms with van der Waals surface area (Å²) in [7, 11) is 1.68. The third-order valence-electron chi connectivity index (χ3n) is 2.57. The topological polar surface area (TPSA) is 40.2 Å². The summed E-state index contributed by atoms with van der Waals surface area (Å²) in [5.74, 6) is 0.888. The zero-order chi connectivity index (χ0) is 11.4. The van der Waals surface area contributed by atoms with Gasteiger partial charge >= 0.3 is 0 Å². The first-order valence-corrected chi connectivity index (χ1v) is 5.29. The lowest BCUT2D eigenvalue weighted by molar-refractivity contribution is 0.414. The molecule has 3 nitrogen and oxygen atoms in total. The maximum absolute atomic E-state index is 5.56. The number of nitrogens with two attached hydrogens (primary N) is 1. The van der Waals surface area contributed by atoms with Gasteiger partial charge in [-0.15, -0.1) is 0 Å². The van der Waals surface area contributed by atoms with E-state index in [1.807, 2.05) is 24.4 Å². The molecule has 0 fully saturated rings. The second kappa shape index (κ2) is 4.86. The monoisotopic (exact) mass is 216 g/mol. The Kier molecular flexibility index (Phi) is 3.27. The average molecular weight is 216 g/mol. The van der Waals surface area contributed by atoms with Crippen molar-refractivity contribution in [3.8, 4) is 5.75 Å². The van der Waals surface area contributed by atoms with Gasteiger partial charge in [0.05, 0.1) is 7.11 Å². The molecular weight excluding hydrogens is 200 g/mol. The van der Waals surface area contributed by atoms with Crippen LogP contribution in [-0.4, -0.2) is 11.7 Å². The molecule has 0 amide bonds. The predicted molar refractivity (Wildman–Crippen MR) is 64.4 cm³/mol. The number of methoxy groups -OCH3 is 1. The molecule has 2 aromatic rings. The van der Waals surface area contributed by atoms with Crippen LogP contribution in [0, 0.1) is 0 Å². The predicted octanol–water partition coefficient (Wildman–Crippen LogP) is 2.00. The van der Waals surface area contributed by atoms with Gasteiger partial charge in [0.25, 0.3) is 0 Å². The van der Waals surface area contributed by atoms with Crippen molar-refractivity contribution < 1.29 is 4.74 Å². The lowest BCUT2D eigenvalue weighted by atomic mass is 10.2. The van der Waals surface area contributed by atoms with Crippen LogP contribution in [0.3, 0.4) is 0 Å². The van der Waals surface area contributed by atoms with Gasteiger partial charge in [0.1, 0.15) is 5.75 Å². The van der Waals surface area contributed by atoms with Crippen LogP contribution in [0.15, 0.2) is 42.7 Å². The van der Waals surface area contributed by atoms with Gasteiger partial charge in [0, 0.05) is 25.5 Å². The molecule has 2 rings (SSSR count). The van der Waals surface area contributed by atoms with Crippen LogP contribution < -0.4 is 10.5 Å². The largest absolute Gasteiger partial charge is 0.497 e. The van der Waals surface area contributed by atoms with Gasteiger partial charge in [0.2, 0.25) is 0 Å². The molecule has 0 spiro atoms. The number of ether oxygens (including phenoxy) is 1. The van der Waals surface area contributed by atoms with Crippen LogP contribution in [0.2, 0.25) is 0 Å². The molecule has 2 N–H and O–H groups in total. The van der Waals surface area contributed by atoms with Crippen LogP contribution in [0.25, 0.3) is 0 Å². The summed E-state index contributed by atoms with van der Waals surface area (Å²) in [6.07, 6.45) is 4.12. The summed E-state index contributed by atoms with van der Waals surface area (Å²) in [5.41, 5.74) is 7.98. The van der Waals surface area contributed by atoms with Crippen LogP contribution in [0.5, 0.6) is 5.75 Å². The Labute approximate surface area is 95.5 Å². The van der Waals surface area contributed by atoms with Crippen molar-refractivity contribution in [1.82, 2.24) is 4.57 Å². The first kappa shape index (κ1) is 10.8. The minimum atomic E-state index is 0.593. The van der Waals surface area contributed by atoms with E-state index in [2.05, 4.69) is 22.9 Å². The van der Waals surface area contributed by atoms with E-state index >= 15 is 0 Å². The second-order valence-electron chi connectivity index (χ2n) is 3.74. The Morgan fingerprint density at radius 3 is 2.44 bits per heavy atom. The fraction of sp³-hybridized carbons (Fsp3) is 0.231. The zero-order valence-electron chi connectivity index (χ0n) is 9.39. The highest BCUT2D eigenvalue weighted by Crippen LogP contribution is 2.12. The molecule has 0 aliphatic heterocycles. The van der Waals surface area contributed by atoms with Gasteiger partial charge in [-0.25, -0.2) is 0 Å². The molecule has 0 aliphatic carbocycles.